The predicted octanol–water partition coefficient (Wildman–Crippen LogP) is 4.34. The van der Waals surface area contributed by atoms with Crippen LogP contribution >= 0.6 is 11.8 Å². The van der Waals surface area contributed by atoms with Gasteiger partial charge < -0.3 is 23.8 Å². The number of morpholine rings is 1. The molecule has 0 N–H and O–H groups in total. The molecule has 43 heavy (non-hydrogen) atoms. The molecule has 4 aliphatic rings. The molecule has 10 nitrogen and oxygen atoms in total. The molecular weight excluding hydrogens is 584 g/mol. The minimum atomic E-state index is -1.02. The van der Waals surface area contributed by atoms with E-state index in [1.54, 1.807) is 11.0 Å². The van der Waals surface area contributed by atoms with Gasteiger partial charge >= 0.3 is 6.16 Å². The lowest BCUT2D eigenvalue weighted by molar-refractivity contribution is -0.0209. The minimum Gasteiger partial charge on any atom is -0.451 e. The predicted molar refractivity (Wildman–Crippen MR) is 150 cm³/mol. The van der Waals surface area contributed by atoms with Gasteiger partial charge in [0, 0.05) is 34.5 Å². The van der Waals surface area contributed by atoms with E-state index in [0.29, 0.717) is 11.1 Å². The van der Waals surface area contributed by atoms with Gasteiger partial charge in [-0.25, -0.2) is 13.6 Å². The first-order valence-corrected chi connectivity index (χ1v) is 14.8. The molecule has 4 heterocycles. The summed E-state index contributed by atoms with van der Waals surface area (Å²) in [7, 11) is 1.13. The molecule has 0 spiro atoms. The van der Waals surface area contributed by atoms with Crippen LogP contribution < -0.4 is 15.2 Å². The maximum absolute atomic E-state index is 15.9. The second kappa shape index (κ2) is 10.9. The second-order valence-corrected chi connectivity index (χ2v) is 11.9. The molecule has 224 valence electrons. The number of fused-ring (bicyclic) bond motifs is 4. The minimum absolute atomic E-state index is 0.0867. The Morgan fingerprint density at radius 3 is 2.70 bits per heavy atom. The first-order valence-electron chi connectivity index (χ1n) is 13.9. The zero-order chi connectivity index (χ0) is 29.8. The second-order valence-electron chi connectivity index (χ2n) is 10.7. The van der Waals surface area contributed by atoms with E-state index < -0.39 is 48.1 Å². The highest BCUT2D eigenvalue weighted by Gasteiger charge is 2.48. The largest absolute Gasteiger partial charge is 0.510 e. The number of methoxy groups -OCH3 is 1. The third kappa shape index (κ3) is 4.61. The number of benzene rings is 2. The zero-order valence-corrected chi connectivity index (χ0v) is 23.9. The molecule has 3 atom stereocenters. The van der Waals surface area contributed by atoms with E-state index in [1.807, 2.05) is 29.3 Å². The lowest BCUT2D eigenvalue weighted by Gasteiger charge is -2.51. The van der Waals surface area contributed by atoms with E-state index in [2.05, 4.69) is 4.74 Å². The number of thioether (sulfide) groups is 1. The maximum Gasteiger partial charge on any atom is 0.510 e. The molecule has 0 radical (unpaired) electrons. The van der Waals surface area contributed by atoms with Crippen LogP contribution in [0.15, 0.2) is 58.4 Å². The Bertz CT molecular complexity index is 1680. The van der Waals surface area contributed by atoms with Gasteiger partial charge in [0.2, 0.25) is 18.0 Å². The summed E-state index contributed by atoms with van der Waals surface area (Å²) in [6.07, 6.45) is 1.63. The Morgan fingerprint density at radius 1 is 1.09 bits per heavy atom. The van der Waals surface area contributed by atoms with E-state index in [-0.39, 0.29) is 42.4 Å². The number of halogens is 2. The highest BCUT2D eigenvalue weighted by atomic mass is 32.2. The van der Waals surface area contributed by atoms with Crippen LogP contribution in [-0.4, -0.2) is 61.5 Å². The Morgan fingerprint density at radius 2 is 1.91 bits per heavy atom. The highest BCUT2D eigenvalue weighted by Crippen LogP contribution is 2.57. The van der Waals surface area contributed by atoms with Gasteiger partial charge in [0.05, 0.1) is 26.4 Å². The Labute approximate surface area is 249 Å². The molecule has 3 aliphatic heterocycles. The summed E-state index contributed by atoms with van der Waals surface area (Å²) < 4.78 is 53.0. The topological polar surface area (TPSA) is 99.5 Å². The molecule has 13 heteroatoms. The van der Waals surface area contributed by atoms with Crippen molar-refractivity contribution in [3.63, 3.8) is 0 Å². The summed E-state index contributed by atoms with van der Waals surface area (Å²) in [6.45, 7) is -0.0421. The lowest BCUT2D eigenvalue weighted by atomic mass is 9.90. The monoisotopic (exact) mass is 611 g/mol. The number of hydrogen-bond donors (Lipinski definition) is 0. The van der Waals surface area contributed by atoms with E-state index in [1.165, 1.54) is 28.7 Å². The van der Waals surface area contributed by atoms with Crippen LogP contribution in [0.1, 0.15) is 51.3 Å². The van der Waals surface area contributed by atoms with Crippen LogP contribution in [0.2, 0.25) is 0 Å². The summed E-state index contributed by atoms with van der Waals surface area (Å²) in [6, 6.07) is 11.0. The molecule has 0 bridgehead atoms. The number of ether oxygens (including phenoxy) is 4. The first kappa shape index (κ1) is 27.7. The molecule has 1 unspecified atom stereocenters. The van der Waals surface area contributed by atoms with Crippen molar-refractivity contribution in [1.82, 2.24) is 9.58 Å². The van der Waals surface area contributed by atoms with Gasteiger partial charge in [-0.1, -0.05) is 24.3 Å². The van der Waals surface area contributed by atoms with Gasteiger partial charge in [-0.15, -0.1) is 11.8 Å². The van der Waals surface area contributed by atoms with Crippen LogP contribution in [0.5, 0.6) is 5.75 Å². The molecule has 2 aromatic carbocycles. The van der Waals surface area contributed by atoms with Crippen molar-refractivity contribution in [1.29, 1.82) is 0 Å². The summed E-state index contributed by atoms with van der Waals surface area (Å²) >= 11 is 1.53. The fourth-order valence-electron chi connectivity index (χ4n) is 6.16. The van der Waals surface area contributed by atoms with Crippen molar-refractivity contribution >= 4 is 23.8 Å². The van der Waals surface area contributed by atoms with Crippen LogP contribution in [0.4, 0.5) is 13.6 Å². The normalized spacial score (nSPS) is 22.5. The quantitative estimate of drug-likeness (QED) is 0.308. The summed E-state index contributed by atoms with van der Waals surface area (Å²) in [5.41, 5.74) is 1.02. The van der Waals surface area contributed by atoms with Crippen molar-refractivity contribution in [2.24, 2.45) is 5.92 Å². The molecule has 3 aromatic rings. The van der Waals surface area contributed by atoms with Crippen LogP contribution in [0.25, 0.3) is 0 Å². The van der Waals surface area contributed by atoms with Gasteiger partial charge in [0.15, 0.2) is 17.3 Å². The van der Waals surface area contributed by atoms with Gasteiger partial charge in [-0.3, -0.25) is 19.3 Å². The van der Waals surface area contributed by atoms with Gasteiger partial charge in [0.1, 0.15) is 6.17 Å². The van der Waals surface area contributed by atoms with E-state index in [9.17, 15) is 18.8 Å². The SMILES string of the molecule is COC(=O)OCOc1c2n(ccc1=O)N([C@@H]1c3ccccc3SC(C3CC3)c3c1ccc(F)c3F)[C@@H]1COCCN1C2=O. The van der Waals surface area contributed by atoms with E-state index >= 15 is 4.39 Å². The molecule has 1 aromatic heterocycles. The summed E-state index contributed by atoms with van der Waals surface area (Å²) in [5, 5.41) is 1.57. The maximum atomic E-state index is 15.9. The highest BCUT2D eigenvalue weighted by molar-refractivity contribution is 7.99. The third-order valence-electron chi connectivity index (χ3n) is 8.23. The average molecular weight is 612 g/mol. The van der Waals surface area contributed by atoms with Crippen LogP contribution in [0, 0.1) is 17.6 Å². The zero-order valence-electron chi connectivity index (χ0n) is 23.0. The molecule has 1 saturated heterocycles. The molecular formula is C30H27F2N3O7S. The van der Waals surface area contributed by atoms with Crippen molar-refractivity contribution in [2.75, 3.05) is 38.7 Å². The standard InChI is InChI=1S/C30H27F2N3O7S/c1-39-30(38)42-15-41-27-20(36)10-11-34-26(27)29(37)33-12-13-40-14-22(33)35(34)25-17-4-2-3-5-21(17)43-28(16-6-7-16)23-18(25)8-9-19(31)24(23)32/h2-5,8-11,16,22,25,28H,6-7,12-15H2,1H3/t22-,25-,28?/m1/s1. The van der Waals surface area contributed by atoms with Crippen LogP contribution in [0.3, 0.4) is 0 Å². The number of carbonyl (C=O) groups excluding carboxylic acids is 2. The van der Waals surface area contributed by atoms with Gasteiger partial charge in [0.25, 0.3) is 5.91 Å². The lowest BCUT2D eigenvalue weighted by Crippen LogP contribution is -2.66. The molecule has 1 amide bonds. The fraction of sp³-hybridized carbons (Fsp3) is 0.367. The van der Waals surface area contributed by atoms with Crippen molar-refractivity contribution in [3.8, 4) is 5.75 Å². The van der Waals surface area contributed by atoms with Crippen molar-refractivity contribution in [2.45, 2.75) is 35.2 Å². The molecule has 1 aliphatic carbocycles. The number of amides is 1. The average Bonchev–Trinajstić information content (AvgIpc) is 3.87. The Kier molecular flexibility index (Phi) is 7.01. The third-order valence-corrected chi connectivity index (χ3v) is 9.73. The number of aromatic nitrogens is 1. The number of carbonyl (C=O) groups is 2. The molecule has 1 saturated carbocycles. The van der Waals surface area contributed by atoms with E-state index in [0.717, 1.165) is 36.5 Å². The number of nitrogens with zero attached hydrogens (tertiary/aromatic N) is 3. The van der Waals surface area contributed by atoms with Crippen molar-refractivity contribution < 1.29 is 37.3 Å². The summed E-state index contributed by atoms with van der Waals surface area (Å²) in [4.78, 5) is 41.1. The summed E-state index contributed by atoms with van der Waals surface area (Å²) in [5.74, 6) is -2.40. The smallest absolute Gasteiger partial charge is 0.451 e. The molecule has 2 fully saturated rings. The fourth-order valence-corrected chi connectivity index (χ4v) is 7.72. The molecule has 7 rings (SSSR count). The van der Waals surface area contributed by atoms with Gasteiger partial charge in [-0.05, 0) is 42.0 Å². The number of rotatable bonds is 5. The van der Waals surface area contributed by atoms with Gasteiger partial charge in [-0.2, -0.15) is 0 Å². The Hall–Kier alpha value is -4.10. The van der Waals surface area contributed by atoms with E-state index in [4.69, 9.17) is 14.2 Å². The van der Waals surface area contributed by atoms with Crippen molar-refractivity contribution in [3.05, 3.63) is 92.9 Å². The first-order chi connectivity index (χ1) is 20.9. The number of pyridine rings is 1. The Balaban J connectivity index is 1.46. The van der Waals surface area contributed by atoms with Crippen LogP contribution in [-0.2, 0) is 14.2 Å². The number of hydrogen-bond acceptors (Lipinski definition) is 9.